The van der Waals surface area contributed by atoms with Crippen molar-refractivity contribution < 1.29 is 0 Å². The van der Waals surface area contributed by atoms with Gasteiger partial charge in [-0.15, -0.1) is 0 Å². The van der Waals surface area contributed by atoms with Crippen molar-refractivity contribution in [1.82, 2.24) is 15.5 Å². The topological polar surface area (TPSA) is 37.8 Å². The van der Waals surface area contributed by atoms with Gasteiger partial charge >= 0.3 is 0 Å². The van der Waals surface area contributed by atoms with Gasteiger partial charge in [-0.05, 0) is 36.7 Å². The summed E-state index contributed by atoms with van der Waals surface area (Å²) in [6.45, 7) is 0. The van der Waals surface area contributed by atoms with E-state index in [4.69, 9.17) is 11.6 Å². The predicted octanol–water partition coefficient (Wildman–Crippen LogP) is 2.63. The van der Waals surface area contributed by atoms with E-state index in [1.165, 1.54) is 0 Å². The van der Waals surface area contributed by atoms with Gasteiger partial charge in [0.2, 0.25) is 0 Å². The third kappa shape index (κ3) is 3.02. The summed E-state index contributed by atoms with van der Waals surface area (Å²) < 4.78 is 0. The van der Waals surface area contributed by atoms with E-state index in [0.29, 0.717) is 0 Å². The highest BCUT2D eigenvalue weighted by atomic mass is 35.5. The van der Waals surface area contributed by atoms with Gasteiger partial charge in [-0.1, -0.05) is 29.8 Å². The van der Waals surface area contributed by atoms with E-state index in [9.17, 15) is 0 Å². The largest absolute Gasteiger partial charge is 0.313 e. The molecule has 0 radical (unpaired) electrons. The number of nitrogens with zero attached hydrogens (tertiary/aromatic N) is 2. The summed E-state index contributed by atoms with van der Waals surface area (Å²) in [5.41, 5.74) is 2.24. The molecular weight excluding hydrogens is 234 g/mol. The first kappa shape index (κ1) is 12.0. The first-order valence-electron chi connectivity index (χ1n) is 5.48. The lowest BCUT2D eigenvalue weighted by molar-refractivity contribution is 0.588. The van der Waals surface area contributed by atoms with E-state index >= 15 is 0 Å². The Morgan fingerprint density at radius 2 is 2.06 bits per heavy atom. The Labute approximate surface area is 106 Å². The zero-order chi connectivity index (χ0) is 12.1. The molecule has 3 nitrogen and oxygen atoms in total. The summed E-state index contributed by atoms with van der Waals surface area (Å²) >= 11 is 6.16. The number of benzene rings is 1. The zero-order valence-corrected chi connectivity index (χ0v) is 10.4. The molecule has 1 N–H and O–H groups in total. The Hall–Kier alpha value is -1.45. The standard InChI is InChI=1S/C13H14ClN3/c1-15-13(11-6-7-16-17-9-11)8-10-4-2-3-5-12(10)14/h2-7,9,13,15H,8H2,1H3. The van der Waals surface area contributed by atoms with Crippen LogP contribution >= 0.6 is 11.6 Å². The molecule has 2 rings (SSSR count). The van der Waals surface area contributed by atoms with Crippen LogP contribution in [0.2, 0.25) is 5.02 Å². The van der Waals surface area contributed by atoms with Crippen molar-refractivity contribution in [3.8, 4) is 0 Å². The SMILES string of the molecule is CNC(Cc1ccccc1Cl)c1ccnnc1. The van der Waals surface area contributed by atoms with Crippen LogP contribution in [-0.4, -0.2) is 17.2 Å². The molecule has 1 aromatic carbocycles. The lowest BCUT2D eigenvalue weighted by Crippen LogP contribution is -2.19. The first-order chi connectivity index (χ1) is 8.31. The molecule has 0 amide bonds. The highest BCUT2D eigenvalue weighted by Crippen LogP contribution is 2.22. The smallest absolute Gasteiger partial charge is 0.0544 e. The third-order valence-electron chi connectivity index (χ3n) is 2.74. The van der Waals surface area contributed by atoms with E-state index in [1.54, 1.807) is 12.4 Å². The maximum absolute atomic E-state index is 6.16. The number of halogens is 1. The van der Waals surface area contributed by atoms with Crippen LogP contribution in [0.4, 0.5) is 0 Å². The summed E-state index contributed by atoms with van der Waals surface area (Å²) in [5.74, 6) is 0. The average Bonchev–Trinajstić information content (AvgIpc) is 2.39. The number of hydrogen-bond acceptors (Lipinski definition) is 3. The zero-order valence-electron chi connectivity index (χ0n) is 9.60. The first-order valence-corrected chi connectivity index (χ1v) is 5.86. The molecule has 0 aliphatic carbocycles. The summed E-state index contributed by atoms with van der Waals surface area (Å²) in [6.07, 6.45) is 4.31. The van der Waals surface area contributed by atoms with Crippen LogP contribution in [0.5, 0.6) is 0 Å². The fourth-order valence-corrected chi connectivity index (χ4v) is 1.99. The van der Waals surface area contributed by atoms with Gasteiger partial charge < -0.3 is 5.32 Å². The van der Waals surface area contributed by atoms with Crippen LogP contribution in [0.3, 0.4) is 0 Å². The maximum Gasteiger partial charge on any atom is 0.0544 e. The number of likely N-dealkylation sites (N-methyl/N-ethyl adjacent to an activating group) is 1. The van der Waals surface area contributed by atoms with Gasteiger partial charge in [0.05, 0.1) is 6.20 Å². The monoisotopic (exact) mass is 247 g/mol. The number of aromatic nitrogens is 2. The fourth-order valence-electron chi connectivity index (χ4n) is 1.78. The molecular formula is C13H14ClN3. The molecule has 0 bridgehead atoms. The molecule has 2 aromatic rings. The summed E-state index contributed by atoms with van der Waals surface area (Å²) in [5, 5.41) is 11.7. The Morgan fingerprint density at radius 3 is 2.71 bits per heavy atom. The Bertz CT molecular complexity index is 473. The lowest BCUT2D eigenvalue weighted by Gasteiger charge is -2.16. The van der Waals surface area contributed by atoms with Gasteiger partial charge in [0.25, 0.3) is 0 Å². The van der Waals surface area contributed by atoms with Crippen molar-refractivity contribution in [2.45, 2.75) is 12.5 Å². The highest BCUT2D eigenvalue weighted by molar-refractivity contribution is 6.31. The molecule has 0 aliphatic heterocycles. The molecule has 0 fully saturated rings. The normalized spacial score (nSPS) is 12.4. The molecule has 0 spiro atoms. The molecule has 1 atom stereocenters. The van der Waals surface area contributed by atoms with Crippen LogP contribution in [0.25, 0.3) is 0 Å². The molecule has 4 heteroatoms. The second-order valence-electron chi connectivity index (χ2n) is 3.81. The van der Waals surface area contributed by atoms with Crippen LogP contribution < -0.4 is 5.32 Å². The summed E-state index contributed by atoms with van der Waals surface area (Å²) in [6, 6.07) is 10.1. The van der Waals surface area contributed by atoms with E-state index < -0.39 is 0 Å². The van der Waals surface area contributed by atoms with Gasteiger partial charge in [0, 0.05) is 17.3 Å². The maximum atomic E-state index is 6.16. The van der Waals surface area contributed by atoms with Crippen LogP contribution in [-0.2, 0) is 6.42 Å². The van der Waals surface area contributed by atoms with Gasteiger partial charge in [-0.3, -0.25) is 0 Å². The molecule has 17 heavy (non-hydrogen) atoms. The third-order valence-corrected chi connectivity index (χ3v) is 3.11. The van der Waals surface area contributed by atoms with Gasteiger partial charge in [-0.25, -0.2) is 0 Å². The second-order valence-corrected chi connectivity index (χ2v) is 4.22. The second kappa shape index (κ2) is 5.75. The number of rotatable bonds is 4. The van der Waals surface area contributed by atoms with E-state index in [0.717, 1.165) is 22.6 Å². The van der Waals surface area contributed by atoms with Crippen molar-refractivity contribution in [2.24, 2.45) is 0 Å². The van der Waals surface area contributed by atoms with E-state index in [2.05, 4.69) is 15.5 Å². The van der Waals surface area contributed by atoms with E-state index in [-0.39, 0.29) is 6.04 Å². The molecule has 88 valence electrons. The van der Waals surface area contributed by atoms with Crippen molar-refractivity contribution in [1.29, 1.82) is 0 Å². The molecule has 0 aliphatic rings. The van der Waals surface area contributed by atoms with Crippen LogP contribution in [0.15, 0.2) is 42.7 Å². The number of hydrogen-bond donors (Lipinski definition) is 1. The average molecular weight is 248 g/mol. The van der Waals surface area contributed by atoms with Crippen molar-refractivity contribution in [2.75, 3.05) is 7.05 Å². The Kier molecular flexibility index (Phi) is 4.07. The predicted molar refractivity (Wildman–Crippen MR) is 69.0 cm³/mol. The molecule has 0 saturated carbocycles. The Balaban J connectivity index is 2.19. The molecule has 1 heterocycles. The number of nitrogens with one attached hydrogen (secondary N) is 1. The van der Waals surface area contributed by atoms with Crippen LogP contribution in [0, 0.1) is 0 Å². The van der Waals surface area contributed by atoms with Gasteiger partial charge in [0.15, 0.2) is 0 Å². The van der Waals surface area contributed by atoms with Gasteiger partial charge in [-0.2, -0.15) is 10.2 Å². The quantitative estimate of drug-likeness (QED) is 0.903. The minimum absolute atomic E-state index is 0.199. The Morgan fingerprint density at radius 1 is 1.24 bits per heavy atom. The van der Waals surface area contributed by atoms with Crippen molar-refractivity contribution in [3.05, 3.63) is 58.9 Å². The van der Waals surface area contributed by atoms with Crippen LogP contribution in [0.1, 0.15) is 17.2 Å². The molecule has 1 unspecified atom stereocenters. The molecule has 1 aromatic heterocycles. The lowest BCUT2D eigenvalue weighted by atomic mass is 10.0. The fraction of sp³-hybridized carbons (Fsp3) is 0.231. The minimum Gasteiger partial charge on any atom is -0.313 e. The summed E-state index contributed by atoms with van der Waals surface area (Å²) in [4.78, 5) is 0. The summed E-state index contributed by atoms with van der Waals surface area (Å²) in [7, 11) is 1.93. The van der Waals surface area contributed by atoms with E-state index in [1.807, 2.05) is 37.4 Å². The van der Waals surface area contributed by atoms with Crippen molar-refractivity contribution >= 4 is 11.6 Å². The minimum atomic E-state index is 0.199. The van der Waals surface area contributed by atoms with Crippen molar-refractivity contribution in [3.63, 3.8) is 0 Å². The molecule has 0 saturated heterocycles. The highest BCUT2D eigenvalue weighted by Gasteiger charge is 2.11. The van der Waals surface area contributed by atoms with Gasteiger partial charge in [0.1, 0.15) is 0 Å².